The molecule has 0 saturated heterocycles. The van der Waals surface area contributed by atoms with E-state index in [1.54, 1.807) is 26.1 Å². The predicted octanol–water partition coefficient (Wildman–Crippen LogP) is 2.17. The summed E-state index contributed by atoms with van der Waals surface area (Å²) in [5, 5.41) is 1.32. The normalized spacial score (nSPS) is 11.2. The van der Waals surface area contributed by atoms with Crippen molar-refractivity contribution in [3.8, 4) is 0 Å². The summed E-state index contributed by atoms with van der Waals surface area (Å²) in [6, 6.07) is 6.90. The summed E-state index contributed by atoms with van der Waals surface area (Å²) < 4.78 is 3.61. The summed E-state index contributed by atoms with van der Waals surface area (Å²) in [6.45, 7) is 1.90. The molecule has 0 fully saturated rings. The number of aryl methyl sites for hydroxylation is 1. The van der Waals surface area contributed by atoms with E-state index in [0.29, 0.717) is 15.7 Å². The molecule has 108 valence electrons. The minimum absolute atomic E-state index is 0.169. The molecule has 3 aromatic rings. The number of halogens is 1. The highest BCUT2D eigenvalue weighted by atomic mass is 35.5. The average Bonchev–Trinajstić information content (AvgIpc) is 2.83. The second-order valence-corrected chi connectivity index (χ2v) is 6.32. The zero-order valence-corrected chi connectivity index (χ0v) is 13.0. The van der Waals surface area contributed by atoms with E-state index in [1.165, 1.54) is 26.5 Å². The van der Waals surface area contributed by atoms with Gasteiger partial charge in [0.05, 0.1) is 16.8 Å². The van der Waals surface area contributed by atoms with Crippen LogP contribution in [-0.2, 0) is 13.6 Å². The number of hydrogen-bond acceptors (Lipinski definition) is 4. The van der Waals surface area contributed by atoms with E-state index in [0.717, 1.165) is 10.2 Å². The predicted molar refractivity (Wildman–Crippen MR) is 84.4 cm³/mol. The Kier molecular flexibility index (Phi) is 3.43. The van der Waals surface area contributed by atoms with Crippen molar-refractivity contribution in [2.75, 3.05) is 0 Å². The zero-order valence-electron chi connectivity index (χ0n) is 11.5. The van der Waals surface area contributed by atoms with Crippen LogP contribution in [0.3, 0.4) is 0 Å². The van der Waals surface area contributed by atoms with Crippen molar-refractivity contribution < 1.29 is 0 Å². The SMILES string of the molecule is Cc1cc(=O)n(Cc2nc3cc(Cl)ccc3s2)c(=O)n1C. The van der Waals surface area contributed by atoms with E-state index in [-0.39, 0.29) is 17.8 Å². The first kappa shape index (κ1) is 14.0. The molecule has 2 heterocycles. The Hall–Kier alpha value is -1.92. The second kappa shape index (κ2) is 5.13. The van der Waals surface area contributed by atoms with Crippen LogP contribution in [0.1, 0.15) is 10.7 Å². The Bertz CT molecular complexity index is 955. The van der Waals surface area contributed by atoms with Crippen molar-refractivity contribution in [3.05, 3.63) is 60.8 Å². The van der Waals surface area contributed by atoms with Gasteiger partial charge in [-0.25, -0.2) is 9.78 Å². The van der Waals surface area contributed by atoms with Crippen LogP contribution in [0.4, 0.5) is 0 Å². The Morgan fingerprint density at radius 2 is 2.05 bits per heavy atom. The van der Waals surface area contributed by atoms with Crippen molar-refractivity contribution in [1.82, 2.24) is 14.1 Å². The lowest BCUT2D eigenvalue weighted by atomic mass is 10.3. The molecule has 3 rings (SSSR count). The first-order valence-corrected chi connectivity index (χ1v) is 7.47. The number of thiazole rings is 1. The molecule has 21 heavy (non-hydrogen) atoms. The molecule has 5 nitrogen and oxygen atoms in total. The number of nitrogens with zero attached hydrogens (tertiary/aromatic N) is 3. The Labute approximate surface area is 129 Å². The summed E-state index contributed by atoms with van der Waals surface area (Å²) >= 11 is 7.38. The molecular formula is C14H12ClN3O2S. The molecule has 0 aliphatic rings. The van der Waals surface area contributed by atoms with Gasteiger partial charge in [-0.3, -0.25) is 9.36 Å². The maximum atomic E-state index is 12.2. The van der Waals surface area contributed by atoms with Gasteiger partial charge >= 0.3 is 5.69 Å². The van der Waals surface area contributed by atoms with Crippen LogP contribution in [0.25, 0.3) is 10.2 Å². The monoisotopic (exact) mass is 321 g/mol. The molecule has 2 aromatic heterocycles. The Balaban J connectivity index is 2.09. The molecule has 0 N–H and O–H groups in total. The number of fused-ring (bicyclic) bond motifs is 1. The van der Waals surface area contributed by atoms with E-state index >= 15 is 0 Å². The van der Waals surface area contributed by atoms with Gasteiger partial charge in [-0.15, -0.1) is 11.3 Å². The molecule has 1 aromatic carbocycles. The third kappa shape index (κ3) is 2.52. The summed E-state index contributed by atoms with van der Waals surface area (Å²) in [5.41, 5.74) is 0.766. The molecule has 0 aliphatic carbocycles. The first-order valence-electron chi connectivity index (χ1n) is 6.28. The maximum Gasteiger partial charge on any atom is 0.331 e. The molecule has 0 spiro atoms. The van der Waals surface area contributed by atoms with Gasteiger partial charge in [0.2, 0.25) is 0 Å². The molecule has 0 amide bonds. The van der Waals surface area contributed by atoms with Crippen LogP contribution in [0.15, 0.2) is 33.9 Å². The van der Waals surface area contributed by atoms with Gasteiger partial charge in [0.15, 0.2) is 0 Å². The summed E-state index contributed by atoms with van der Waals surface area (Å²) in [4.78, 5) is 28.6. The number of rotatable bonds is 2. The smallest absolute Gasteiger partial charge is 0.301 e. The van der Waals surface area contributed by atoms with Crippen LogP contribution < -0.4 is 11.2 Å². The lowest BCUT2D eigenvalue weighted by Crippen LogP contribution is -2.39. The molecule has 0 radical (unpaired) electrons. The third-order valence-corrected chi connectivity index (χ3v) is 4.59. The summed E-state index contributed by atoms with van der Waals surface area (Å²) in [7, 11) is 1.64. The van der Waals surface area contributed by atoms with E-state index in [1.807, 2.05) is 6.07 Å². The van der Waals surface area contributed by atoms with Crippen LogP contribution in [0.5, 0.6) is 0 Å². The van der Waals surface area contributed by atoms with Crippen molar-refractivity contribution in [3.63, 3.8) is 0 Å². The van der Waals surface area contributed by atoms with Crippen LogP contribution in [0, 0.1) is 6.92 Å². The fraction of sp³-hybridized carbons (Fsp3) is 0.214. The Morgan fingerprint density at radius 1 is 1.29 bits per heavy atom. The van der Waals surface area contributed by atoms with Crippen LogP contribution >= 0.6 is 22.9 Å². The highest BCUT2D eigenvalue weighted by molar-refractivity contribution is 7.18. The van der Waals surface area contributed by atoms with Gasteiger partial charge in [0.25, 0.3) is 5.56 Å². The van der Waals surface area contributed by atoms with Gasteiger partial charge in [-0.1, -0.05) is 11.6 Å². The maximum absolute atomic E-state index is 12.2. The van der Waals surface area contributed by atoms with Crippen LogP contribution in [0.2, 0.25) is 5.02 Å². The minimum Gasteiger partial charge on any atom is -0.301 e. The molecular weight excluding hydrogens is 310 g/mol. The van der Waals surface area contributed by atoms with Crippen molar-refractivity contribution in [2.24, 2.45) is 7.05 Å². The van der Waals surface area contributed by atoms with E-state index in [4.69, 9.17) is 11.6 Å². The summed E-state index contributed by atoms with van der Waals surface area (Å²) in [5.74, 6) is 0. The third-order valence-electron chi connectivity index (χ3n) is 3.33. The largest absolute Gasteiger partial charge is 0.331 e. The van der Waals surface area contributed by atoms with Crippen molar-refractivity contribution in [2.45, 2.75) is 13.5 Å². The first-order chi connectivity index (χ1) is 9.95. The number of aromatic nitrogens is 3. The van der Waals surface area contributed by atoms with E-state index in [9.17, 15) is 9.59 Å². The molecule has 0 unspecified atom stereocenters. The fourth-order valence-electron chi connectivity index (χ4n) is 2.08. The van der Waals surface area contributed by atoms with Crippen molar-refractivity contribution >= 4 is 33.2 Å². The minimum atomic E-state index is -0.336. The standard InChI is InChI=1S/C14H12ClN3O2S/c1-8-5-13(19)18(14(20)17(8)2)7-12-16-10-6-9(15)3-4-11(10)21-12/h3-6H,7H2,1-2H3. The van der Waals surface area contributed by atoms with Crippen LogP contribution in [-0.4, -0.2) is 14.1 Å². The summed E-state index contributed by atoms with van der Waals surface area (Å²) in [6.07, 6.45) is 0. The highest BCUT2D eigenvalue weighted by Gasteiger charge is 2.10. The van der Waals surface area contributed by atoms with Gasteiger partial charge in [0, 0.05) is 23.8 Å². The quantitative estimate of drug-likeness (QED) is 0.727. The lowest BCUT2D eigenvalue weighted by Gasteiger charge is -2.07. The second-order valence-electron chi connectivity index (χ2n) is 4.77. The van der Waals surface area contributed by atoms with Gasteiger partial charge in [-0.05, 0) is 25.1 Å². The van der Waals surface area contributed by atoms with Gasteiger partial charge < -0.3 is 4.57 Å². The van der Waals surface area contributed by atoms with Crippen molar-refractivity contribution in [1.29, 1.82) is 0 Å². The lowest BCUT2D eigenvalue weighted by molar-refractivity contribution is 0.626. The van der Waals surface area contributed by atoms with E-state index < -0.39 is 0 Å². The molecule has 0 saturated carbocycles. The zero-order chi connectivity index (χ0) is 15.1. The Morgan fingerprint density at radius 3 is 2.81 bits per heavy atom. The molecule has 0 bridgehead atoms. The fourth-order valence-corrected chi connectivity index (χ4v) is 3.18. The molecule has 0 atom stereocenters. The van der Waals surface area contributed by atoms with Gasteiger partial charge in [0.1, 0.15) is 5.01 Å². The van der Waals surface area contributed by atoms with Gasteiger partial charge in [-0.2, -0.15) is 0 Å². The molecule has 0 aliphatic heterocycles. The molecule has 7 heteroatoms. The number of hydrogen-bond donors (Lipinski definition) is 0. The van der Waals surface area contributed by atoms with E-state index in [2.05, 4.69) is 4.98 Å². The topological polar surface area (TPSA) is 56.9 Å². The highest BCUT2D eigenvalue weighted by Crippen LogP contribution is 2.25. The number of benzene rings is 1. The average molecular weight is 322 g/mol.